The van der Waals surface area contributed by atoms with Crippen LogP contribution in [0.15, 0.2) is 96.2 Å². The summed E-state index contributed by atoms with van der Waals surface area (Å²) in [6.07, 6.45) is -0.325. The van der Waals surface area contributed by atoms with Gasteiger partial charge in [-0.05, 0) is 16.7 Å². The highest BCUT2D eigenvalue weighted by Gasteiger charge is 2.31. The van der Waals surface area contributed by atoms with Crippen molar-refractivity contribution in [2.75, 3.05) is 13.7 Å². The van der Waals surface area contributed by atoms with E-state index >= 15 is 0 Å². The van der Waals surface area contributed by atoms with Gasteiger partial charge in [0.25, 0.3) is 0 Å². The highest BCUT2D eigenvalue weighted by molar-refractivity contribution is 5.63. The van der Waals surface area contributed by atoms with Crippen LogP contribution in [-0.2, 0) is 38.9 Å². The third-order valence-electron chi connectivity index (χ3n) is 5.06. The molecule has 174 valence electrons. The summed E-state index contributed by atoms with van der Waals surface area (Å²) >= 11 is 0. The fourth-order valence-electron chi connectivity index (χ4n) is 3.32. The van der Waals surface area contributed by atoms with Crippen molar-refractivity contribution in [3.63, 3.8) is 0 Å². The van der Waals surface area contributed by atoms with Crippen LogP contribution in [0.5, 0.6) is 0 Å². The molecule has 0 bridgehead atoms. The third kappa shape index (κ3) is 8.44. The van der Waals surface area contributed by atoms with Crippen LogP contribution in [0, 0.1) is 0 Å². The summed E-state index contributed by atoms with van der Waals surface area (Å²) in [5.41, 5.74) is 3.03. The Bertz CT molecular complexity index is 921. The second kappa shape index (κ2) is 14.2. The number of rotatable bonds is 14. The Hall–Kier alpha value is -3.03. The van der Waals surface area contributed by atoms with E-state index in [1.54, 1.807) is 6.21 Å². The normalized spacial score (nSPS) is 14.1. The lowest BCUT2D eigenvalue weighted by Gasteiger charge is -2.31. The standard InChI is InChI=1S/C27H31NO5/c1-30-28-17-25(31-19-22-11-5-2-6-12-22)27(33-21-24-15-9-4-10-16-24)26(18-29)32-20-23-13-7-3-8-14-23/h2-17,25-27,29H,18-21H2,1H3/b28-17+. The molecule has 1 N–H and O–H groups in total. The molecular weight excluding hydrogens is 418 g/mol. The number of aliphatic hydroxyl groups is 1. The molecule has 3 rings (SSSR count). The average Bonchev–Trinajstić information content (AvgIpc) is 2.88. The Morgan fingerprint density at radius 3 is 1.61 bits per heavy atom. The highest BCUT2D eigenvalue weighted by atomic mass is 16.6. The number of hydrogen-bond donors (Lipinski definition) is 1. The maximum absolute atomic E-state index is 10.2. The third-order valence-corrected chi connectivity index (χ3v) is 5.06. The zero-order chi connectivity index (χ0) is 23.1. The predicted molar refractivity (Wildman–Crippen MR) is 128 cm³/mol. The van der Waals surface area contributed by atoms with E-state index in [2.05, 4.69) is 5.16 Å². The van der Waals surface area contributed by atoms with Crippen LogP contribution >= 0.6 is 0 Å². The number of nitrogens with zero attached hydrogens (tertiary/aromatic N) is 1. The van der Waals surface area contributed by atoms with Gasteiger partial charge in [-0.1, -0.05) is 96.2 Å². The molecule has 0 radical (unpaired) electrons. The summed E-state index contributed by atoms with van der Waals surface area (Å²) in [4.78, 5) is 4.91. The molecule has 0 saturated carbocycles. The summed E-state index contributed by atoms with van der Waals surface area (Å²) < 4.78 is 18.5. The van der Waals surface area contributed by atoms with Crippen LogP contribution in [0.2, 0.25) is 0 Å². The van der Waals surface area contributed by atoms with Crippen LogP contribution in [0.4, 0.5) is 0 Å². The Morgan fingerprint density at radius 1 is 0.697 bits per heavy atom. The van der Waals surface area contributed by atoms with Gasteiger partial charge in [-0.2, -0.15) is 0 Å². The molecule has 6 nitrogen and oxygen atoms in total. The number of ether oxygens (including phenoxy) is 3. The van der Waals surface area contributed by atoms with Gasteiger partial charge in [0.1, 0.15) is 25.4 Å². The first kappa shape index (κ1) is 24.6. The first-order chi connectivity index (χ1) is 16.3. The maximum atomic E-state index is 10.2. The topological polar surface area (TPSA) is 69.5 Å². The molecule has 0 aliphatic carbocycles. The van der Waals surface area contributed by atoms with Crippen molar-refractivity contribution in [2.45, 2.75) is 38.1 Å². The molecule has 3 aromatic carbocycles. The van der Waals surface area contributed by atoms with Gasteiger partial charge in [-0.3, -0.25) is 0 Å². The second-order valence-electron chi connectivity index (χ2n) is 7.48. The Balaban J connectivity index is 1.77. The van der Waals surface area contributed by atoms with Gasteiger partial charge in [-0.25, -0.2) is 0 Å². The van der Waals surface area contributed by atoms with Gasteiger partial charge in [0.2, 0.25) is 0 Å². The molecule has 0 aromatic heterocycles. The Morgan fingerprint density at radius 2 is 1.15 bits per heavy atom. The van der Waals surface area contributed by atoms with E-state index in [-0.39, 0.29) is 6.61 Å². The zero-order valence-corrected chi connectivity index (χ0v) is 18.8. The molecule has 0 fully saturated rings. The highest BCUT2D eigenvalue weighted by Crippen LogP contribution is 2.18. The minimum atomic E-state index is -0.641. The second-order valence-corrected chi connectivity index (χ2v) is 7.48. The van der Waals surface area contributed by atoms with Crippen LogP contribution in [0.1, 0.15) is 16.7 Å². The molecular formula is C27H31NO5. The SMILES string of the molecule is CO/N=C/C(OCc1ccccc1)C(OCc1ccccc1)C(CO)OCc1ccccc1. The molecule has 0 spiro atoms. The summed E-state index contributed by atoms with van der Waals surface area (Å²) in [6.45, 7) is 0.786. The van der Waals surface area contributed by atoms with Crippen LogP contribution < -0.4 is 0 Å². The lowest BCUT2D eigenvalue weighted by atomic mass is 10.1. The smallest absolute Gasteiger partial charge is 0.125 e. The zero-order valence-electron chi connectivity index (χ0n) is 18.8. The van der Waals surface area contributed by atoms with Gasteiger partial charge < -0.3 is 24.2 Å². The van der Waals surface area contributed by atoms with Crippen LogP contribution in [0.3, 0.4) is 0 Å². The van der Waals surface area contributed by atoms with Crippen molar-refractivity contribution >= 4 is 6.21 Å². The van der Waals surface area contributed by atoms with Crippen molar-refractivity contribution in [3.05, 3.63) is 108 Å². The van der Waals surface area contributed by atoms with E-state index < -0.39 is 18.3 Å². The average molecular weight is 450 g/mol. The fourth-order valence-corrected chi connectivity index (χ4v) is 3.32. The Kier molecular flexibility index (Phi) is 10.6. The van der Waals surface area contributed by atoms with E-state index in [1.807, 2.05) is 91.0 Å². The van der Waals surface area contributed by atoms with Gasteiger partial charge in [-0.15, -0.1) is 0 Å². The maximum Gasteiger partial charge on any atom is 0.125 e. The van der Waals surface area contributed by atoms with E-state index in [9.17, 15) is 5.11 Å². The van der Waals surface area contributed by atoms with Gasteiger partial charge in [0.15, 0.2) is 0 Å². The van der Waals surface area contributed by atoms with Gasteiger partial charge in [0, 0.05) is 0 Å². The van der Waals surface area contributed by atoms with Crippen molar-refractivity contribution in [3.8, 4) is 0 Å². The number of oxime groups is 1. The Labute approximate surface area is 195 Å². The summed E-state index contributed by atoms with van der Waals surface area (Å²) in [7, 11) is 1.47. The van der Waals surface area contributed by atoms with Gasteiger partial charge in [0.05, 0.1) is 32.6 Å². The molecule has 0 saturated heterocycles. The molecule has 3 unspecified atom stereocenters. The van der Waals surface area contributed by atoms with Gasteiger partial charge >= 0.3 is 0 Å². The summed E-state index contributed by atoms with van der Waals surface area (Å²) in [6, 6.07) is 29.5. The molecule has 0 aliphatic rings. The largest absolute Gasteiger partial charge is 0.399 e. The van der Waals surface area contributed by atoms with Crippen LogP contribution in [-0.4, -0.2) is 43.3 Å². The fraction of sp³-hybridized carbons (Fsp3) is 0.296. The molecule has 0 amide bonds. The molecule has 6 heteroatoms. The first-order valence-corrected chi connectivity index (χ1v) is 10.9. The minimum absolute atomic E-state index is 0.238. The number of aliphatic hydroxyl groups excluding tert-OH is 1. The minimum Gasteiger partial charge on any atom is -0.399 e. The van der Waals surface area contributed by atoms with Crippen molar-refractivity contribution < 1.29 is 24.2 Å². The predicted octanol–water partition coefficient (Wildman–Crippen LogP) is 4.37. The quantitative estimate of drug-likeness (QED) is 0.292. The molecule has 0 aliphatic heterocycles. The molecule has 33 heavy (non-hydrogen) atoms. The van der Waals surface area contributed by atoms with Crippen molar-refractivity contribution in [1.29, 1.82) is 0 Å². The number of benzene rings is 3. The monoisotopic (exact) mass is 449 g/mol. The van der Waals surface area contributed by atoms with E-state index in [0.717, 1.165) is 16.7 Å². The summed E-state index contributed by atoms with van der Waals surface area (Å²) in [5.74, 6) is 0. The molecule has 0 heterocycles. The number of hydrogen-bond acceptors (Lipinski definition) is 6. The molecule has 3 atom stereocenters. The van der Waals surface area contributed by atoms with Crippen molar-refractivity contribution in [1.82, 2.24) is 0 Å². The van der Waals surface area contributed by atoms with Crippen molar-refractivity contribution in [2.24, 2.45) is 5.16 Å². The van der Waals surface area contributed by atoms with E-state index in [1.165, 1.54) is 7.11 Å². The lowest BCUT2D eigenvalue weighted by molar-refractivity contribution is -0.144. The van der Waals surface area contributed by atoms with E-state index in [4.69, 9.17) is 19.0 Å². The summed E-state index contributed by atoms with van der Waals surface area (Å²) in [5, 5.41) is 14.1. The molecule has 3 aromatic rings. The van der Waals surface area contributed by atoms with Crippen LogP contribution in [0.25, 0.3) is 0 Å². The first-order valence-electron chi connectivity index (χ1n) is 10.9. The lowest BCUT2D eigenvalue weighted by Crippen LogP contribution is -2.45. The van der Waals surface area contributed by atoms with E-state index in [0.29, 0.717) is 19.8 Å².